The fraction of sp³-hybridized carbons (Fsp3) is 0.500. The van der Waals surface area contributed by atoms with Gasteiger partial charge in [-0.15, -0.1) is 0 Å². The van der Waals surface area contributed by atoms with E-state index >= 15 is 0 Å². The molecule has 4 aliphatic rings. The highest BCUT2D eigenvalue weighted by Crippen LogP contribution is 2.60. The van der Waals surface area contributed by atoms with Gasteiger partial charge in [0.05, 0.1) is 32.2 Å². The summed E-state index contributed by atoms with van der Waals surface area (Å²) in [6.07, 6.45) is 1.55. The molecular weight excluding hydrogens is 625 g/mol. The summed E-state index contributed by atoms with van der Waals surface area (Å²) in [7, 11) is -1.45. The minimum atomic E-state index is -4.96. The Bertz CT molecular complexity index is 1810. The van der Waals surface area contributed by atoms with Gasteiger partial charge < -0.3 is 19.4 Å². The maximum Gasteiger partial charge on any atom is 0.433 e. The highest BCUT2D eigenvalue weighted by Gasteiger charge is 2.58. The summed E-state index contributed by atoms with van der Waals surface area (Å²) in [6, 6.07) is 8.12. The molecule has 7 rings (SSSR count). The molecule has 2 heterocycles. The maximum absolute atomic E-state index is 13.9. The molecule has 3 aromatic rings. The lowest BCUT2D eigenvalue weighted by Gasteiger charge is -2.34. The minimum Gasteiger partial charge on any atom is -0.493 e. The number of hydrogen-bond acceptors (Lipinski definition) is 8. The summed E-state index contributed by atoms with van der Waals surface area (Å²) in [6.45, 7) is 0.0425. The Kier molecular flexibility index (Phi) is 8.36. The largest absolute Gasteiger partial charge is 0.493 e. The van der Waals surface area contributed by atoms with Crippen LogP contribution in [0.25, 0.3) is 11.3 Å². The van der Waals surface area contributed by atoms with Gasteiger partial charge in [-0.05, 0) is 86.1 Å². The summed E-state index contributed by atoms with van der Waals surface area (Å²) < 4.78 is 79.9. The molecule has 0 spiro atoms. The first-order valence-corrected chi connectivity index (χ1v) is 16.9. The molecule has 4 saturated carbocycles. The number of ether oxygens (including phenoxy) is 2. The minimum absolute atomic E-state index is 0.0425. The van der Waals surface area contributed by atoms with E-state index in [1.54, 1.807) is 18.2 Å². The third-order valence-electron chi connectivity index (χ3n) is 9.55. The Balaban J connectivity index is 1.20. The van der Waals surface area contributed by atoms with Gasteiger partial charge in [0.1, 0.15) is 5.69 Å². The van der Waals surface area contributed by atoms with Crippen molar-refractivity contribution in [3.05, 3.63) is 64.2 Å². The Hall–Kier alpha value is -3.94. The van der Waals surface area contributed by atoms with E-state index in [1.807, 2.05) is 0 Å². The number of rotatable bonds is 11. The molecule has 14 heteroatoms. The van der Waals surface area contributed by atoms with Crippen LogP contribution in [0.4, 0.5) is 13.2 Å². The standard InChI is InChI=1S/C32H35F3N4O6S/c1-44-25-7-5-19(13-26(25)45-2)17-39-18-22(6-8-29(39)41)24-14-27(32(33,34)35)37-30(36-24)46(42,43)9-3-4-28(40)38-31-15-20-10-21(16-31)12-23(31)11-20/h5-8,13-14,18,20-21,23H,3-4,9-12,15-17H2,1-2H3,(H,38,40). The number of carbonyl (C=O) groups excluding carboxylic acids is 1. The first-order valence-electron chi connectivity index (χ1n) is 15.2. The number of pyridine rings is 1. The van der Waals surface area contributed by atoms with Crippen molar-refractivity contribution in [1.82, 2.24) is 19.9 Å². The number of alkyl halides is 3. The fourth-order valence-corrected chi connectivity index (χ4v) is 8.88. The Labute approximate surface area is 264 Å². The predicted molar refractivity (Wildman–Crippen MR) is 161 cm³/mol. The van der Waals surface area contributed by atoms with Gasteiger partial charge in [-0.1, -0.05) is 6.07 Å². The van der Waals surface area contributed by atoms with E-state index in [2.05, 4.69) is 15.3 Å². The topological polar surface area (TPSA) is 129 Å². The molecule has 4 fully saturated rings. The van der Waals surface area contributed by atoms with Gasteiger partial charge in [-0.3, -0.25) is 9.59 Å². The molecule has 0 aliphatic heterocycles. The number of nitrogens with one attached hydrogen (secondary N) is 1. The van der Waals surface area contributed by atoms with Crippen LogP contribution < -0.4 is 20.3 Å². The van der Waals surface area contributed by atoms with E-state index in [0.717, 1.165) is 25.7 Å². The third kappa shape index (κ3) is 6.36. The van der Waals surface area contributed by atoms with E-state index in [9.17, 15) is 31.2 Å². The maximum atomic E-state index is 13.9. The molecule has 1 aromatic carbocycles. The van der Waals surface area contributed by atoms with Crippen LogP contribution in [0.5, 0.6) is 11.5 Å². The van der Waals surface area contributed by atoms with Crippen molar-refractivity contribution in [1.29, 1.82) is 0 Å². The zero-order valence-electron chi connectivity index (χ0n) is 25.5. The molecule has 10 nitrogen and oxygen atoms in total. The normalized spacial score (nSPS) is 23.5. The van der Waals surface area contributed by atoms with Crippen LogP contribution in [0.2, 0.25) is 0 Å². The van der Waals surface area contributed by atoms with E-state index < -0.39 is 38.2 Å². The number of nitrogens with zero attached hydrogens (tertiary/aromatic N) is 3. The molecule has 2 unspecified atom stereocenters. The van der Waals surface area contributed by atoms with Crippen molar-refractivity contribution in [3.63, 3.8) is 0 Å². The monoisotopic (exact) mass is 660 g/mol. The van der Waals surface area contributed by atoms with Gasteiger partial charge in [0, 0.05) is 29.8 Å². The quantitative estimate of drug-likeness (QED) is 0.295. The average molecular weight is 661 g/mol. The van der Waals surface area contributed by atoms with Crippen molar-refractivity contribution >= 4 is 15.7 Å². The number of aromatic nitrogens is 3. The van der Waals surface area contributed by atoms with Crippen molar-refractivity contribution in [2.45, 2.75) is 68.4 Å². The second-order valence-corrected chi connectivity index (χ2v) is 14.7. The first kappa shape index (κ1) is 32.0. The highest BCUT2D eigenvalue weighted by atomic mass is 32.2. The second kappa shape index (κ2) is 12.0. The van der Waals surface area contributed by atoms with Gasteiger partial charge >= 0.3 is 6.18 Å². The SMILES string of the molecule is COc1ccc(Cn2cc(-c3cc(C(F)(F)F)nc(S(=O)(=O)CCCC(=O)NC45CC6CC(CC4C6)C5)n3)ccc2=O)cc1OC. The van der Waals surface area contributed by atoms with Crippen molar-refractivity contribution < 1.29 is 35.9 Å². The van der Waals surface area contributed by atoms with Crippen LogP contribution in [0.1, 0.15) is 56.2 Å². The van der Waals surface area contributed by atoms with Gasteiger partial charge in [-0.2, -0.15) is 13.2 Å². The Morgan fingerprint density at radius 2 is 1.74 bits per heavy atom. The van der Waals surface area contributed by atoms with Crippen LogP contribution in [0, 0.1) is 17.8 Å². The number of hydrogen-bond donors (Lipinski definition) is 1. The Morgan fingerprint density at radius 3 is 2.41 bits per heavy atom. The smallest absolute Gasteiger partial charge is 0.433 e. The van der Waals surface area contributed by atoms with Gasteiger partial charge in [0.25, 0.3) is 5.56 Å². The molecule has 0 radical (unpaired) electrons. The van der Waals surface area contributed by atoms with E-state index in [4.69, 9.17) is 9.47 Å². The highest BCUT2D eigenvalue weighted by molar-refractivity contribution is 7.91. The number of methoxy groups -OCH3 is 2. The molecule has 4 aliphatic carbocycles. The number of amides is 1. The fourth-order valence-electron chi connectivity index (χ4n) is 7.69. The summed E-state index contributed by atoms with van der Waals surface area (Å²) >= 11 is 0. The zero-order valence-corrected chi connectivity index (χ0v) is 26.3. The van der Waals surface area contributed by atoms with Crippen LogP contribution >= 0.6 is 0 Å². The summed E-state index contributed by atoms with van der Waals surface area (Å²) in [5, 5.41) is 2.20. The lowest BCUT2D eigenvalue weighted by molar-refractivity contribution is -0.141. The molecule has 0 saturated heterocycles. The lowest BCUT2D eigenvalue weighted by Crippen LogP contribution is -2.49. The molecule has 1 amide bonds. The summed E-state index contributed by atoms with van der Waals surface area (Å²) in [4.78, 5) is 32.9. The number of carbonyl (C=O) groups is 1. The van der Waals surface area contributed by atoms with Crippen molar-refractivity contribution in [2.24, 2.45) is 17.8 Å². The van der Waals surface area contributed by atoms with Crippen LogP contribution in [-0.4, -0.2) is 54.4 Å². The molecule has 2 aromatic heterocycles. The number of sulfone groups is 1. The van der Waals surface area contributed by atoms with Crippen LogP contribution in [0.15, 0.2) is 52.5 Å². The molecular formula is C32H35F3N4O6S. The third-order valence-corrected chi connectivity index (χ3v) is 11.1. The van der Waals surface area contributed by atoms with Crippen molar-refractivity contribution in [3.8, 4) is 22.8 Å². The lowest BCUT2D eigenvalue weighted by atomic mass is 9.80. The number of halogens is 3. The molecule has 46 heavy (non-hydrogen) atoms. The van der Waals surface area contributed by atoms with E-state index in [-0.39, 0.29) is 42.1 Å². The molecule has 1 N–H and O–H groups in total. The number of benzene rings is 1. The summed E-state index contributed by atoms with van der Waals surface area (Å²) in [5.74, 6) is 1.81. The van der Waals surface area contributed by atoms with Gasteiger partial charge in [0.15, 0.2) is 11.5 Å². The van der Waals surface area contributed by atoms with Crippen molar-refractivity contribution in [2.75, 3.05) is 20.0 Å². The predicted octanol–water partition coefficient (Wildman–Crippen LogP) is 4.64. The van der Waals surface area contributed by atoms with Crippen LogP contribution in [-0.2, 0) is 27.4 Å². The van der Waals surface area contributed by atoms with Gasteiger partial charge in [0.2, 0.25) is 20.9 Å². The van der Waals surface area contributed by atoms with E-state index in [1.165, 1.54) is 43.5 Å². The first-order chi connectivity index (χ1) is 21.8. The van der Waals surface area contributed by atoms with Gasteiger partial charge in [-0.25, -0.2) is 18.4 Å². The zero-order chi connectivity index (χ0) is 32.9. The molecule has 2 atom stereocenters. The molecule has 4 bridgehead atoms. The summed E-state index contributed by atoms with van der Waals surface area (Å²) in [5.41, 5.74) is -1.64. The second-order valence-electron chi connectivity index (χ2n) is 12.7. The molecule has 246 valence electrons. The average Bonchev–Trinajstić information content (AvgIpc) is 3.39. The van der Waals surface area contributed by atoms with Crippen LogP contribution in [0.3, 0.4) is 0 Å². The van der Waals surface area contributed by atoms with E-state index in [0.29, 0.717) is 40.9 Å². The Morgan fingerprint density at radius 1 is 1.02 bits per heavy atom.